The topological polar surface area (TPSA) is 55.4 Å². The average Bonchev–Trinajstić information content (AvgIpc) is 2.55. The summed E-state index contributed by atoms with van der Waals surface area (Å²) in [5.41, 5.74) is 0.377. The van der Waals surface area contributed by atoms with E-state index in [-0.39, 0.29) is 23.5 Å². The van der Waals surface area contributed by atoms with Crippen LogP contribution in [0.2, 0.25) is 5.02 Å². The minimum absolute atomic E-state index is 0.0409. The van der Waals surface area contributed by atoms with Gasteiger partial charge in [-0.1, -0.05) is 11.6 Å². The maximum atomic E-state index is 13.1. The molecular formula is C19H21ClFNO3. The van der Waals surface area contributed by atoms with E-state index < -0.39 is 11.7 Å². The molecule has 4 saturated carbocycles. The number of amides is 1. The Hall–Kier alpha value is -1.62. The van der Waals surface area contributed by atoms with Crippen molar-refractivity contribution in [3.05, 3.63) is 29.0 Å². The molecule has 0 unspecified atom stereocenters. The van der Waals surface area contributed by atoms with Crippen LogP contribution >= 0.6 is 11.6 Å². The normalized spacial score (nSPS) is 32.5. The molecule has 4 aliphatic carbocycles. The predicted molar refractivity (Wildman–Crippen MR) is 91.5 cm³/mol. The highest BCUT2D eigenvalue weighted by Crippen LogP contribution is 2.56. The summed E-state index contributed by atoms with van der Waals surface area (Å²) in [5, 5.41) is 2.50. The lowest BCUT2D eigenvalue weighted by Crippen LogP contribution is -2.48. The van der Waals surface area contributed by atoms with Crippen molar-refractivity contribution in [2.24, 2.45) is 29.6 Å². The first kappa shape index (κ1) is 16.8. The lowest BCUT2D eigenvalue weighted by molar-refractivity contribution is -0.164. The summed E-state index contributed by atoms with van der Waals surface area (Å²) in [4.78, 5) is 24.5. The summed E-state index contributed by atoms with van der Waals surface area (Å²) < 4.78 is 18.4. The maximum absolute atomic E-state index is 13.1. The Morgan fingerprint density at radius 2 is 1.76 bits per heavy atom. The number of hydrogen-bond donors (Lipinski definition) is 1. The van der Waals surface area contributed by atoms with Gasteiger partial charge in [0.1, 0.15) is 5.82 Å². The van der Waals surface area contributed by atoms with Crippen molar-refractivity contribution in [1.82, 2.24) is 0 Å². The molecule has 0 radical (unpaired) electrons. The van der Waals surface area contributed by atoms with Gasteiger partial charge in [0, 0.05) is 5.69 Å². The number of benzene rings is 1. The Bertz CT molecular complexity index is 680. The average molecular weight is 366 g/mol. The standard InChI is InChI=1S/C19H21ClFNO3/c20-15-8-14(1-2-16(15)21)22-17(23)9-25-19(24)18-12-4-10-3-11(6-12)7-13(18)5-10/h1-2,8,10-13,18H,3-7,9H2,(H,22,23). The van der Waals surface area contributed by atoms with E-state index in [2.05, 4.69) is 5.32 Å². The van der Waals surface area contributed by atoms with Crippen LogP contribution < -0.4 is 5.32 Å². The monoisotopic (exact) mass is 365 g/mol. The fourth-order valence-electron chi connectivity index (χ4n) is 5.31. The van der Waals surface area contributed by atoms with Gasteiger partial charge in [0.2, 0.25) is 0 Å². The zero-order chi connectivity index (χ0) is 17.6. The molecule has 134 valence electrons. The highest BCUT2D eigenvalue weighted by atomic mass is 35.5. The first-order valence-electron chi connectivity index (χ1n) is 8.91. The van der Waals surface area contributed by atoms with E-state index in [1.807, 2.05) is 0 Å². The van der Waals surface area contributed by atoms with Gasteiger partial charge in [0.25, 0.3) is 5.91 Å². The van der Waals surface area contributed by atoms with Gasteiger partial charge in [-0.2, -0.15) is 0 Å². The first-order chi connectivity index (χ1) is 12.0. The summed E-state index contributed by atoms with van der Waals surface area (Å²) in [6.07, 6.45) is 5.86. The van der Waals surface area contributed by atoms with Gasteiger partial charge in [0.15, 0.2) is 6.61 Å². The molecule has 0 aromatic heterocycles. The molecule has 25 heavy (non-hydrogen) atoms. The van der Waals surface area contributed by atoms with Crippen molar-refractivity contribution >= 4 is 29.2 Å². The van der Waals surface area contributed by atoms with Crippen LogP contribution in [-0.2, 0) is 14.3 Å². The van der Waals surface area contributed by atoms with E-state index in [9.17, 15) is 14.0 Å². The van der Waals surface area contributed by atoms with E-state index in [4.69, 9.17) is 16.3 Å². The summed E-state index contributed by atoms with van der Waals surface area (Å²) in [6.45, 7) is -0.323. The highest BCUT2D eigenvalue weighted by Gasteiger charge is 2.51. The van der Waals surface area contributed by atoms with Gasteiger partial charge < -0.3 is 10.1 Å². The minimum Gasteiger partial charge on any atom is -0.455 e. The van der Waals surface area contributed by atoms with E-state index in [1.165, 1.54) is 24.6 Å². The van der Waals surface area contributed by atoms with Gasteiger partial charge in [-0.05, 0) is 74.0 Å². The SMILES string of the molecule is O=C(COC(=O)C1C2CC3CC(C2)CC1C3)Nc1ccc(F)c(Cl)c1. The fraction of sp³-hybridized carbons (Fsp3) is 0.579. The number of halogens is 2. The summed E-state index contributed by atoms with van der Waals surface area (Å²) in [5.74, 6) is 1.18. The van der Waals surface area contributed by atoms with E-state index in [0.717, 1.165) is 37.5 Å². The highest BCUT2D eigenvalue weighted by molar-refractivity contribution is 6.31. The van der Waals surface area contributed by atoms with Crippen LogP contribution in [0, 0.1) is 35.4 Å². The molecule has 4 fully saturated rings. The molecule has 1 amide bonds. The second kappa shape index (κ2) is 6.60. The lowest BCUT2D eigenvalue weighted by atomic mass is 9.52. The Morgan fingerprint density at radius 3 is 2.36 bits per heavy atom. The smallest absolute Gasteiger partial charge is 0.310 e. The number of esters is 1. The van der Waals surface area contributed by atoms with Crippen molar-refractivity contribution in [2.45, 2.75) is 32.1 Å². The van der Waals surface area contributed by atoms with Crippen LogP contribution in [0.15, 0.2) is 18.2 Å². The van der Waals surface area contributed by atoms with Crippen molar-refractivity contribution < 1.29 is 18.7 Å². The summed E-state index contributed by atoms with van der Waals surface area (Å²) in [6, 6.07) is 3.92. The van der Waals surface area contributed by atoms with E-state index in [1.54, 1.807) is 0 Å². The zero-order valence-electron chi connectivity index (χ0n) is 13.8. The number of ether oxygens (including phenoxy) is 1. The Morgan fingerprint density at radius 1 is 1.12 bits per heavy atom. The number of rotatable bonds is 4. The second-order valence-electron chi connectivity index (χ2n) is 7.74. The van der Waals surface area contributed by atoms with Crippen LogP contribution in [0.5, 0.6) is 0 Å². The molecule has 0 atom stereocenters. The molecule has 4 aliphatic rings. The van der Waals surface area contributed by atoms with Crippen LogP contribution in [0.4, 0.5) is 10.1 Å². The summed E-state index contributed by atoms with van der Waals surface area (Å²) >= 11 is 5.68. The Kier molecular flexibility index (Phi) is 4.44. The summed E-state index contributed by atoms with van der Waals surface area (Å²) in [7, 11) is 0. The molecule has 0 aliphatic heterocycles. The van der Waals surface area contributed by atoms with Gasteiger partial charge in [0.05, 0.1) is 10.9 Å². The van der Waals surface area contributed by atoms with Crippen LogP contribution in [0.25, 0.3) is 0 Å². The molecule has 5 rings (SSSR count). The fourth-order valence-corrected chi connectivity index (χ4v) is 5.49. The first-order valence-corrected chi connectivity index (χ1v) is 9.29. The molecule has 1 N–H and O–H groups in total. The second-order valence-corrected chi connectivity index (χ2v) is 8.15. The lowest BCUT2D eigenvalue weighted by Gasteiger charge is -2.53. The number of nitrogens with one attached hydrogen (secondary N) is 1. The molecule has 0 heterocycles. The van der Waals surface area contributed by atoms with Crippen LogP contribution in [-0.4, -0.2) is 18.5 Å². The van der Waals surface area contributed by atoms with Gasteiger partial charge >= 0.3 is 5.97 Å². The largest absolute Gasteiger partial charge is 0.455 e. The minimum atomic E-state index is -0.548. The molecule has 4 nitrogen and oxygen atoms in total. The van der Waals surface area contributed by atoms with Crippen LogP contribution in [0.3, 0.4) is 0 Å². The molecular weight excluding hydrogens is 345 g/mol. The number of anilines is 1. The predicted octanol–water partition coefficient (Wildman–Crippen LogP) is 4.03. The van der Waals surface area contributed by atoms with Gasteiger partial charge in [-0.15, -0.1) is 0 Å². The molecule has 6 heteroatoms. The van der Waals surface area contributed by atoms with Crippen molar-refractivity contribution in [3.63, 3.8) is 0 Å². The molecule has 1 aromatic carbocycles. The zero-order valence-corrected chi connectivity index (χ0v) is 14.6. The number of carbonyl (C=O) groups is 2. The molecule has 0 saturated heterocycles. The van der Waals surface area contributed by atoms with Crippen molar-refractivity contribution in [3.8, 4) is 0 Å². The third-order valence-corrected chi connectivity index (χ3v) is 6.34. The van der Waals surface area contributed by atoms with E-state index >= 15 is 0 Å². The van der Waals surface area contributed by atoms with Crippen molar-refractivity contribution in [2.75, 3.05) is 11.9 Å². The van der Waals surface area contributed by atoms with Gasteiger partial charge in [-0.3, -0.25) is 9.59 Å². The van der Waals surface area contributed by atoms with Crippen molar-refractivity contribution in [1.29, 1.82) is 0 Å². The third kappa shape index (κ3) is 3.39. The third-order valence-electron chi connectivity index (χ3n) is 6.05. The molecule has 0 spiro atoms. The van der Waals surface area contributed by atoms with Crippen LogP contribution in [0.1, 0.15) is 32.1 Å². The molecule has 4 bridgehead atoms. The van der Waals surface area contributed by atoms with Gasteiger partial charge in [-0.25, -0.2) is 4.39 Å². The maximum Gasteiger partial charge on any atom is 0.310 e. The Balaban J connectivity index is 1.31. The van der Waals surface area contributed by atoms with E-state index in [0.29, 0.717) is 17.5 Å². The molecule has 1 aromatic rings. The number of carbonyl (C=O) groups excluding carboxylic acids is 2. The number of hydrogen-bond acceptors (Lipinski definition) is 3. The Labute approximate surface area is 151 Å². The quantitative estimate of drug-likeness (QED) is 0.819.